The van der Waals surface area contributed by atoms with Crippen LogP contribution in [0.2, 0.25) is 0 Å². The lowest BCUT2D eigenvalue weighted by Gasteiger charge is -2.19. The Morgan fingerprint density at radius 1 is 0.914 bits per heavy atom. The molecule has 7 nitrogen and oxygen atoms in total. The highest BCUT2D eigenvalue weighted by Gasteiger charge is 2.31. The zero-order valence-electron chi connectivity index (χ0n) is 19.3. The second-order valence-corrected chi connectivity index (χ2v) is 11.5. The molecular weight excluding hydrogens is 471 g/mol. The minimum atomic E-state index is -3.88. The number of nitrogens with two attached hydrogens (primary N) is 1. The van der Waals surface area contributed by atoms with Gasteiger partial charge in [0.15, 0.2) is 0 Å². The van der Waals surface area contributed by atoms with Crippen LogP contribution in [0.25, 0.3) is 33.4 Å². The van der Waals surface area contributed by atoms with E-state index in [1.165, 1.54) is 51.1 Å². The number of hydrogen-bond acceptors (Lipinski definition) is 5. The van der Waals surface area contributed by atoms with Gasteiger partial charge in [-0.1, -0.05) is 18.2 Å². The molecule has 0 spiro atoms. The first-order chi connectivity index (χ1) is 16.4. The number of carbonyl (C=O) groups excluding carboxylic acids is 2. The van der Waals surface area contributed by atoms with Gasteiger partial charge in [-0.2, -0.15) is 0 Å². The summed E-state index contributed by atoms with van der Waals surface area (Å²) < 4.78 is 44.9. The average molecular weight is 495 g/mol. The van der Waals surface area contributed by atoms with Gasteiger partial charge in [0.2, 0.25) is 10.0 Å². The van der Waals surface area contributed by atoms with Crippen molar-refractivity contribution in [3.63, 3.8) is 0 Å². The predicted molar refractivity (Wildman–Crippen MR) is 132 cm³/mol. The van der Waals surface area contributed by atoms with Gasteiger partial charge in [0.05, 0.1) is 10.3 Å². The molecule has 2 amide bonds. The molecule has 1 aromatic heterocycles. The number of hydrogen-bond donors (Lipinski definition) is 2. The van der Waals surface area contributed by atoms with Gasteiger partial charge in [-0.15, -0.1) is 0 Å². The fraction of sp³-hybridized carbons (Fsp3) is 0.154. The van der Waals surface area contributed by atoms with Gasteiger partial charge >= 0.3 is 0 Å². The Balaban J connectivity index is 1.76. The van der Waals surface area contributed by atoms with Crippen molar-refractivity contribution in [1.82, 2.24) is 4.72 Å². The monoisotopic (exact) mass is 494 g/mol. The fourth-order valence-corrected chi connectivity index (χ4v) is 4.17. The summed E-state index contributed by atoms with van der Waals surface area (Å²) in [5.41, 5.74) is 8.14. The molecule has 3 aromatic carbocycles. The third-order valence-corrected chi connectivity index (χ3v) is 7.60. The molecule has 9 heteroatoms. The molecule has 0 bridgehead atoms. The van der Waals surface area contributed by atoms with E-state index in [9.17, 15) is 22.4 Å². The lowest BCUT2D eigenvalue weighted by molar-refractivity contribution is 0.0977. The summed E-state index contributed by atoms with van der Waals surface area (Å²) in [6.45, 7) is 4.49. The summed E-state index contributed by atoms with van der Waals surface area (Å²) in [5, 5.41) is 0.458. The topological polar surface area (TPSA) is 119 Å². The van der Waals surface area contributed by atoms with Gasteiger partial charge in [0, 0.05) is 16.5 Å². The van der Waals surface area contributed by atoms with E-state index in [1.807, 2.05) is 0 Å². The summed E-state index contributed by atoms with van der Waals surface area (Å²) in [7, 11) is -3.88. The Labute approximate surface area is 201 Å². The first-order valence-electron chi connectivity index (χ1n) is 10.7. The van der Waals surface area contributed by atoms with Crippen LogP contribution >= 0.6 is 0 Å². The Morgan fingerprint density at radius 2 is 1.54 bits per heavy atom. The van der Waals surface area contributed by atoms with E-state index in [0.717, 1.165) is 0 Å². The van der Waals surface area contributed by atoms with Crippen LogP contribution in [0, 0.1) is 5.82 Å². The van der Waals surface area contributed by atoms with Crippen molar-refractivity contribution >= 4 is 32.8 Å². The second-order valence-electron chi connectivity index (χ2n) is 9.02. The summed E-state index contributed by atoms with van der Waals surface area (Å²) in [5.74, 6) is -1.65. The molecule has 180 valence electrons. The number of amides is 2. The van der Waals surface area contributed by atoms with Gasteiger partial charge in [0.25, 0.3) is 11.8 Å². The molecule has 1 heterocycles. The minimum absolute atomic E-state index is 0.152. The molecular formula is C26H23FN2O5S. The number of furan rings is 1. The minimum Gasteiger partial charge on any atom is -0.455 e. The molecule has 4 aromatic rings. The predicted octanol–water partition coefficient (Wildman–Crippen LogP) is 4.86. The molecule has 0 saturated carbocycles. The summed E-state index contributed by atoms with van der Waals surface area (Å²) in [6, 6.07) is 17.1. The van der Waals surface area contributed by atoms with Crippen molar-refractivity contribution in [1.29, 1.82) is 0 Å². The molecule has 4 rings (SSSR count). The van der Waals surface area contributed by atoms with Crippen LogP contribution in [-0.2, 0) is 10.0 Å². The number of carbonyl (C=O) groups is 2. The number of halogens is 1. The van der Waals surface area contributed by atoms with Crippen molar-refractivity contribution in [2.45, 2.75) is 25.5 Å². The summed E-state index contributed by atoms with van der Waals surface area (Å²) in [4.78, 5) is 25.0. The standard InChI is InChI=1S/C26H23FN2O5S/c1-26(2,3)35(32,33)29-25(31)18-6-4-5-16(13-18)17-9-12-21-20(14-17)22(24(28)30)23(34-21)15-7-10-19(27)11-8-15/h4-14H,1-3H3,(H2,28,30)(H,29,31). The molecule has 0 atom stereocenters. The number of fused-ring (bicyclic) bond motifs is 1. The number of rotatable bonds is 5. The van der Waals surface area contributed by atoms with Gasteiger partial charge in [0.1, 0.15) is 17.2 Å². The zero-order chi connectivity index (χ0) is 25.5. The van der Waals surface area contributed by atoms with Gasteiger partial charge in [-0.25, -0.2) is 17.5 Å². The van der Waals surface area contributed by atoms with Crippen molar-refractivity contribution in [3.05, 3.63) is 83.7 Å². The van der Waals surface area contributed by atoms with Crippen molar-refractivity contribution in [3.8, 4) is 22.5 Å². The highest BCUT2D eigenvalue weighted by Crippen LogP contribution is 2.36. The molecule has 0 radical (unpaired) electrons. The lowest BCUT2D eigenvalue weighted by atomic mass is 9.99. The molecule has 3 N–H and O–H groups in total. The normalized spacial score (nSPS) is 12.0. The van der Waals surface area contributed by atoms with Gasteiger partial charge in [-0.05, 0) is 80.4 Å². The number of sulfonamides is 1. The van der Waals surface area contributed by atoms with Crippen molar-refractivity contribution in [2.24, 2.45) is 5.73 Å². The molecule has 0 fully saturated rings. The van der Waals surface area contributed by atoms with Gasteiger partial charge < -0.3 is 10.2 Å². The Hall–Kier alpha value is -3.98. The van der Waals surface area contributed by atoms with E-state index in [-0.39, 0.29) is 16.9 Å². The van der Waals surface area contributed by atoms with Gasteiger partial charge in [-0.3, -0.25) is 9.59 Å². The number of primary amides is 1. The highest BCUT2D eigenvalue weighted by atomic mass is 32.2. The second kappa shape index (κ2) is 8.66. The van der Waals surface area contributed by atoms with Crippen LogP contribution in [0.5, 0.6) is 0 Å². The average Bonchev–Trinajstić information content (AvgIpc) is 3.17. The lowest BCUT2D eigenvalue weighted by Crippen LogP contribution is -2.42. The van der Waals surface area contributed by atoms with Crippen molar-refractivity contribution in [2.75, 3.05) is 0 Å². The third kappa shape index (κ3) is 4.67. The molecule has 35 heavy (non-hydrogen) atoms. The maximum atomic E-state index is 13.4. The number of benzene rings is 3. The zero-order valence-corrected chi connectivity index (χ0v) is 20.1. The van der Waals surface area contributed by atoms with E-state index in [2.05, 4.69) is 4.72 Å². The Bertz CT molecular complexity index is 1570. The van der Waals surface area contributed by atoms with E-state index in [0.29, 0.717) is 27.7 Å². The third-order valence-electron chi connectivity index (χ3n) is 5.53. The molecule has 0 aliphatic carbocycles. The molecule has 0 aliphatic heterocycles. The van der Waals surface area contributed by atoms with E-state index < -0.39 is 32.4 Å². The maximum Gasteiger partial charge on any atom is 0.264 e. The highest BCUT2D eigenvalue weighted by molar-refractivity contribution is 7.91. The molecule has 0 unspecified atom stereocenters. The van der Waals surface area contributed by atoms with Crippen LogP contribution in [-0.4, -0.2) is 25.0 Å². The van der Waals surface area contributed by atoms with E-state index in [1.54, 1.807) is 36.4 Å². The summed E-state index contributed by atoms with van der Waals surface area (Å²) in [6.07, 6.45) is 0. The molecule has 0 aliphatic rings. The first kappa shape index (κ1) is 24.2. The first-order valence-corrected chi connectivity index (χ1v) is 12.1. The summed E-state index contributed by atoms with van der Waals surface area (Å²) >= 11 is 0. The maximum absolute atomic E-state index is 13.4. The Kier molecular flexibility index (Phi) is 5.98. The van der Waals surface area contributed by atoms with E-state index >= 15 is 0 Å². The van der Waals surface area contributed by atoms with Crippen LogP contribution in [0.1, 0.15) is 41.5 Å². The van der Waals surface area contributed by atoms with Crippen LogP contribution in [0.15, 0.2) is 71.1 Å². The number of nitrogens with one attached hydrogen (secondary N) is 1. The Morgan fingerprint density at radius 3 is 2.17 bits per heavy atom. The molecule has 0 saturated heterocycles. The largest absolute Gasteiger partial charge is 0.455 e. The van der Waals surface area contributed by atoms with Crippen LogP contribution in [0.4, 0.5) is 4.39 Å². The quantitative estimate of drug-likeness (QED) is 0.410. The SMILES string of the molecule is CC(C)(C)S(=O)(=O)NC(=O)c1cccc(-c2ccc3oc(-c4ccc(F)cc4)c(C(N)=O)c3c2)c1. The van der Waals surface area contributed by atoms with Crippen LogP contribution < -0.4 is 10.5 Å². The van der Waals surface area contributed by atoms with E-state index in [4.69, 9.17) is 10.2 Å². The smallest absolute Gasteiger partial charge is 0.264 e. The fourth-order valence-electron chi connectivity index (χ4n) is 3.50. The van der Waals surface area contributed by atoms with Crippen LogP contribution in [0.3, 0.4) is 0 Å². The van der Waals surface area contributed by atoms with Crippen molar-refractivity contribution < 1.29 is 26.8 Å².